The van der Waals surface area contributed by atoms with E-state index >= 15 is 0 Å². The Kier molecular flexibility index (Phi) is 4.73. The van der Waals surface area contributed by atoms with Crippen LogP contribution in [0, 0.1) is 0 Å². The minimum Gasteiger partial charge on any atom is -0.385 e. The molecule has 6 heteroatoms. The molecular formula is C10H22N2O3S. The van der Waals surface area contributed by atoms with E-state index in [-0.39, 0.29) is 11.3 Å². The van der Waals surface area contributed by atoms with Crippen LogP contribution in [-0.4, -0.2) is 50.8 Å². The first-order valence-electron chi connectivity index (χ1n) is 5.69. The van der Waals surface area contributed by atoms with Gasteiger partial charge in [-0.05, 0) is 12.8 Å². The summed E-state index contributed by atoms with van der Waals surface area (Å²) in [5.74, 6) is 0.156. The predicted molar refractivity (Wildman–Crippen MR) is 63.7 cm³/mol. The maximum Gasteiger partial charge on any atom is 0.214 e. The van der Waals surface area contributed by atoms with Crippen LogP contribution in [0.1, 0.15) is 26.2 Å². The number of hydrogen-bond donors (Lipinski definition) is 1. The van der Waals surface area contributed by atoms with Gasteiger partial charge in [-0.25, -0.2) is 8.42 Å². The van der Waals surface area contributed by atoms with E-state index in [0.29, 0.717) is 26.1 Å². The van der Waals surface area contributed by atoms with Crippen molar-refractivity contribution < 1.29 is 13.2 Å². The summed E-state index contributed by atoms with van der Waals surface area (Å²) in [5.41, 5.74) is 5.74. The molecule has 0 aromatic carbocycles. The molecule has 0 aromatic heterocycles. The summed E-state index contributed by atoms with van der Waals surface area (Å²) in [4.78, 5) is 0. The van der Waals surface area contributed by atoms with Gasteiger partial charge >= 0.3 is 0 Å². The lowest BCUT2D eigenvalue weighted by Crippen LogP contribution is -2.68. The number of ether oxygens (including phenoxy) is 1. The maximum atomic E-state index is 11.8. The third-order valence-corrected chi connectivity index (χ3v) is 4.72. The van der Waals surface area contributed by atoms with E-state index in [1.165, 1.54) is 4.31 Å². The Hall–Kier alpha value is -0.170. The predicted octanol–water partition coefficient (Wildman–Crippen LogP) is 0.166. The zero-order chi connectivity index (χ0) is 12.2. The molecule has 1 heterocycles. The molecule has 0 radical (unpaired) electrons. The van der Waals surface area contributed by atoms with Crippen LogP contribution in [0.2, 0.25) is 0 Å². The number of nitrogens with zero attached hydrogens (tertiary/aromatic N) is 1. The van der Waals surface area contributed by atoms with E-state index < -0.39 is 10.0 Å². The van der Waals surface area contributed by atoms with Gasteiger partial charge in [-0.3, -0.25) is 0 Å². The molecule has 1 fully saturated rings. The van der Waals surface area contributed by atoms with E-state index in [1.54, 1.807) is 7.11 Å². The number of hydrogen-bond acceptors (Lipinski definition) is 4. The quantitative estimate of drug-likeness (QED) is 0.654. The van der Waals surface area contributed by atoms with Gasteiger partial charge in [0, 0.05) is 32.3 Å². The molecule has 0 saturated carbocycles. The van der Waals surface area contributed by atoms with Gasteiger partial charge in [0.05, 0.1) is 5.75 Å². The number of sulfonamides is 1. The molecule has 96 valence electrons. The average Bonchev–Trinajstić information content (AvgIpc) is 2.14. The van der Waals surface area contributed by atoms with Crippen LogP contribution in [-0.2, 0) is 14.8 Å². The molecule has 1 saturated heterocycles. The molecule has 0 spiro atoms. The Morgan fingerprint density at radius 1 is 1.44 bits per heavy atom. The fourth-order valence-corrected chi connectivity index (χ4v) is 3.67. The fraction of sp³-hybridized carbons (Fsp3) is 1.00. The molecule has 0 bridgehead atoms. The van der Waals surface area contributed by atoms with Gasteiger partial charge in [0.2, 0.25) is 10.0 Å². The molecule has 5 nitrogen and oxygen atoms in total. The minimum absolute atomic E-state index is 0.156. The van der Waals surface area contributed by atoms with Crippen molar-refractivity contribution in [2.24, 2.45) is 5.73 Å². The Bertz CT molecular complexity index is 310. The summed E-state index contributed by atoms with van der Waals surface area (Å²) >= 11 is 0. The Balaban J connectivity index is 2.37. The topological polar surface area (TPSA) is 72.6 Å². The maximum absolute atomic E-state index is 11.8. The average molecular weight is 250 g/mol. The second kappa shape index (κ2) is 5.44. The van der Waals surface area contributed by atoms with Gasteiger partial charge in [-0.2, -0.15) is 4.31 Å². The first-order chi connectivity index (χ1) is 7.43. The molecule has 0 amide bonds. The third kappa shape index (κ3) is 3.41. The normalized spacial score (nSPS) is 20.7. The van der Waals surface area contributed by atoms with Gasteiger partial charge < -0.3 is 10.5 Å². The van der Waals surface area contributed by atoms with Crippen molar-refractivity contribution in [3.63, 3.8) is 0 Å². The number of rotatable bonds is 7. The van der Waals surface area contributed by atoms with Crippen LogP contribution in [0.4, 0.5) is 0 Å². The largest absolute Gasteiger partial charge is 0.385 e. The van der Waals surface area contributed by atoms with Crippen molar-refractivity contribution in [1.82, 2.24) is 4.31 Å². The zero-order valence-corrected chi connectivity index (χ0v) is 10.9. The highest BCUT2D eigenvalue weighted by Gasteiger charge is 2.44. The highest BCUT2D eigenvalue weighted by atomic mass is 32.2. The molecule has 0 aliphatic carbocycles. The molecule has 1 aliphatic heterocycles. The van der Waals surface area contributed by atoms with Crippen molar-refractivity contribution in [2.45, 2.75) is 31.7 Å². The van der Waals surface area contributed by atoms with Crippen LogP contribution < -0.4 is 5.73 Å². The number of nitrogens with two attached hydrogens (primary N) is 1. The van der Waals surface area contributed by atoms with Crippen molar-refractivity contribution in [2.75, 3.05) is 32.6 Å². The van der Waals surface area contributed by atoms with Crippen LogP contribution in [0.15, 0.2) is 0 Å². The molecule has 1 rings (SSSR count). The number of methoxy groups -OCH3 is 1. The fourth-order valence-electron chi connectivity index (χ4n) is 2.02. The lowest BCUT2D eigenvalue weighted by Gasteiger charge is -2.46. The summed E-state index contributed by atoms with van der Waals surface area (Å²) in [7, 11) is -1.54. The van der Waals surface area contributed by atoms with E-state index in [0.717, 1.165) is 12.8 Å². The summed E-state index contributed by atoms with van der Waals surface area (Å²) in [6.07, 6.45) is 2.42. The van der Waals surface area contributed by atoms with E-state index in [4.69, 9.17) is 10.5 Å². The summed E-state index contributed by atoms with van der Waals surface area (Å²) in [6, 6.07) is 0. The van der Waals surface area contributed by atoms with E-state index in [2.05, 4.69) is 6.92 Å². The lowest BCUT2D eigenvalue weighted by molar-refractivity contribution is 0.146. The minimum atomic E-state index is -3.11. The first kappa shape index (κ1) is 13.9. The molecule has 0 unspecified atom stereocenters. The second-order valence-corrected chi connectivity index (χ2v) is 6.63. The Morgan fingerprint density at radius 2 is 2.06 bits per heavy atom. The van der Waals surface area contributed by atoms with Crippen molar-refractivity contribution >= 4 is 10.0 Å². The Labute approximate surface area is 98.0 Å². The molecule has 0 aromatic rings. The van der Waals surface area contributed by atoms with Crippen molar-refractivity contribution in [3.8, 4) is 0 Å². The second-order valence-electron chi connectivity index (χ2n) is 4.54. The SMILES string of the molecule is CCCC1(N)CN(S(=O)(=O)CCCOC)C1. The molecule has 16 heavy (non-hydrogen) atoms. The standard InChI is InChI=1S/C10H22N2O3S/c1-3-5-10(11)8-12(9-10)16(13,14)7-4-6-15-2/h3-9,11H2,1-2H3. The third-order valence-electron chi connectivity index (χ3n) is 2.87. The molecule has 1 aliphatic rings. The van der Waals surface area contributed by atoms with Gasteiger partial charge in [-0.1, -0.05) is 13.3 Å². The van der Waals surface area contributed by atoms with Crippen LogP contribution in [0.3, 0.4) is 0 Å². The van der Waals surface area contributed by atoms with Crippen LogP contribution in [0.25, 0.3) is 0 Å². The van der Waals surface area contributed by atoms with Gasteiger partial charge in [-0.15, -0.1) is 0 Å². The summed E-state index contributed by atoms with van der Waals surface area (Å²) in [5, 5.41) is 0. The zero-order valence-electron chi connectivity index (χ0n) is 10.1. The van der Waals surface area contributed by atoms with Crippen LogP contribution in [0.5, 0.6) is 0 Å². The molecule has 0 atom stereocenters. The van der Waals surface area contributed by atoms with Crippen LogP contribution >= 0.6 is 0 Å². The highest BCUT2D eigenvalue weighted by molar-refractivity contribution is 7.89. The van der Waals surface area contributed by atoms with Gasteiger partial charge in [0.1, 0.15) is 0 Å². The summed E-state index contributed by atoms with van der Waals surface area (Å²) in [6.45, 7) is 3.48. The monoisotopic (exact) mass is 250 g/mol. The van der Waals surface area contributed by atoms with Crippen molar-refractivity contribution in [3.05, 3.63) is 0 Å². The van der Waals surface area contributed by atoms with Gasteiger partial charge in [0.15, 0.2) is 0 Å². The van der Waals surface area contributed by atoms with Crippen molar-refractivity contribution in [1.29, 1.82) is 0 Å². The lowest BCUT2D eigenvalue weighted by atomic mass is 9.89. The molecular weight excluding hydrogens is 228 g/mol. The van der Waals surface area contributed by atoms with Gasteiger partial charge in [0.25, 0.3) is 0 Å². The summed E-state index contributed by atoms with van der Waals surface area (Å²) < 4.78 is 29.9. The molecule has 2 N–H and O–H groups in total. The Morgan fingerprint density at radius 3 is 2.56 bits per heavy atom. The van der Waals surface area contributed by atoms with E-state index in [9.17, 15) is 8.42 Å². The first-order valence-corrected chi connectivity index (χ1v) is 7.30. The highest BCUT2D eigenvalue weighted by Crippen LogP contribution is 2.26. The smallest absolute Gasteiger partial charge is 0.214 e. The van der Waals surface area contributed by atoms with E-state index in [1.807, 2.05) is 0 Å².